The van der Waals surface area contributed by atoms with Gasteiger partial charge in [-0.3, -0.25) is 9.36 Å². The van der Waals surface area contributed by atoms with Crippen LogP contribution < -0.4 is 45.9 Å². The van der Waals surface area contributed by atoms with Crippen LogP contribution in [0.4, 0.5) is 0 Å². The Bertz CT molecular complexity index is 903. The summed E-state index contributed by atoms with van der Waals surface area (Å²) in [6.45, 7) is 0.120. The van der Waals surface area contributed by atoms with Gasteiger partial charge in [-0.05, 0) is 17.0 Å². The molecular weight excluding hydrogens is 303 g/mol. The van der Waals surface area contributed by atoms with Gasteiger partial charge in [-0.1, -0.05) is 60.7 Å². The number of rotatable bonds is 3. The van der Waals surface area contributed by atoms with E-state index in [9.17, 15) is 14.7 Å². The second-order valence-corrected chi connectivity index (χ2v) is 4.88. The van der Waals surface area contributed by atoms with Crippen molar-refractivity contribution in [1.29, 1.82) is 0 Å². The first-order chi connectivity index (χ1) is 10.7. The zero-order valence-electron chi connectivity index (χ0n) is 12.7. The predicted molar refractivity (Wildman–Crippen MR) is 81.7 cm³/mol. The number of hydrogen-bond donors (Lipinski definition) is 1. The average molecular weight is 316 g/mol. The summed E-state index contributed by atoms with van der Waals surface area (Å²) in [6.07, 6.45) is 0. The molecule has 0 aliphatic carbocycles. The number of benzene rings is 2. The van der Waals surface area contributed by atoms with E-state index >= 15 is 0 Å². The van der Waals surface area contributed by atoms with Crippen molar-refractivity contribution in [3.8, 4) is 17.0 Å². The molecule has 0 fully saturated rings. The monoisotopic (exact) mass is 316 g/mol. The van der Waals surface area contributed by atoms with Gasteiger partial charge < -0.3 is 10.1 Å². The van der Waals surface area contributed by atoms with Gasteiger partial charge in [0.2, 0.25) is 0 Å². The molecule has 3 aromatic rings. The first-order valence-electron chi connectivity index (χ1n) is 6.80. The van der Waals surface area contributed by atoms with E-state index in [-0.39, 0.29) is 41.7 Å². The first kappa shape index (κ1) is 17.3. The number of H-pyrrole nitrogens is 1. The number of nitrogens with zero attached hydrogens (tertiary/aromatic N) is 1. The van der Waals surface area contributed by atoms with Crippen LogP contribution in [0.3, 0.4) is 0 Å². The Morgan fingerprint density at radius 3 is 2.09 bits per heavy atom. The van der Waals surface area contributed by atoms with E-state index in [4.69, 9.17) is 0 Å². The summed E-state index contributed by atoms with van der Waals surface area (Å²) < 4.78 is 1.04. The summed E-state index contributed by atoms with van der Waals surface area (Å²) in [5.41, 5.74) is 0.0155. The molecule has 0 aliphatic heterocycles. The Balaban J connectivity index is 0.00000192. The minimum absolute atomic E-state index is 0. The van der Waals surface area contributed by atoms with E-state index in [0.717, 1.165) is 10.1 Å². The van der Waals surface area contributed by atoms with Crippen LogP contribution in [0.5, 0.6) is 5.88 Å². The smallest absolute Gasteiger partial charge is 0.860 e. The molecule has 2 aromatic carbocycles. The van der Waals surface area contributed by atoms with Gasteiger partial charge in [0.25, 0.3) is 5.56 Å². The maximum absolute atomic E-state index is 12.6. The van der Waals surface area contributed by atoms with Gasteiger partial charge >= 0.3 is 35.2 Å². The van der Waals surface area contributed by atoms with Crippen molar-refractivity contribution in [2.45, 2.75) is 6.54 Å². The zero-order chi connectivity index (χ0) is 15.5. The SMILES string of the molecule is O=c1[nH]c([O-])c(-c2ccccc2)c(=O)n1Cc1ccccc1.[Na+]. The second kappa shape index (κ2) is 7.46. The van der Waals surface area contributed by atoms with Gasteiger partial charge in [0.05, 0.1) is 12.1 Å². The fraction of sp³-hybridized carbons (Fsp3) is 0.0588. The normalized spacial score (nSPS) is 10.1. The van der Waals surface area contributed by atoms with Crippen molar-refractivity contribution in [3.05, 3.63) is 87.1 Å². The largest absolute Gasteiger partial charge is 1.00 e. The third-order valence-corrected chi connectivity index (χ3v) is 3.40. The molecule has 0 unspecified atom stereocenters. The molecule has 0 atom stereocenters. The Hall–Kier alpha value is -2.08. The van der Waals surface area contributed by atoms with E-state index in [0.29, 0.717) is 5.56 Å². The van der Waals surface area contributed by atoms with Crippen molar-refractivity contribution in [2.75, 3.05) is 0 Å². The Labute approximate surface area is 154 Å². The summed E-state index contributed by atoms with van der Waals surface area (Å²) in [6, 6.07) is 17.8. The molecule has 110 valence electrons. The minimum atomic E-state index is -0.696. The average Bonchev–Trinajstić information content (AvgIpc) is 2.53. The Morgan fingerprint density at radius 1 is 0.913 bits per heavy atom. The quantitative estimate of drug-likeness (QED) is 0.587. The fourth-order valence-corrected chi connectivity index (χ4v) is 2.32. The molecule has 1 N–H and O–H groups in total. The van der Waals surface area contributed by atoms with Crippen LogP contribution in [0.25, 0.3) is 11.1 Å². The van der Waals surface area contributed by atoms with Crippen LogP contribution in [-0.2, 0) is 6.54 Å². The van der Waals surface area contributed by atoms with E-state index in [1.54, 1.807) is 30.3 Å². The van der Waals surface area contributed by atoms with Gasteiger partial charge in [-0.2, -0.15) is 0 Å². The molecule has 0 aliphatic rings. The molecule has 0 spiro atoms. The standard InChI is InChI=1S/C17H14N2O3.Na/c20-15-14(13-9-5-2-6-10-13)16(21)19(17(22)18-15)11-12-7-3-1-4-8-12;/h1-10,20H,11H2,(H,18,22);/q;+1/p-1. The molecule has 23 heavy (non-hydrogen) atoms. The molecule has 0 bridgehead atoms. The number of nitrogens with one attached hydrogen (secondary N) is 1. The molecule has 0 saturated carbocycles. The summed E-state index contributed by atoms with van der Waals surface area (Å²) >= 11 is 0. The molecular formula is C17H13N2NaO3. The van der Waals surface area contributed by atoms with Gasteiger partial charge in [0.1, 0.15) is 0 Å². The molecule has 0 radical (unpaired) electrons. The molecule has 0 amide bonds. The van der Waals surface area contributed by atoms with Crippen molar-refractivity contribution in [2.24, 2.45) is 0 Å². The van der Waals surface area contributed by atoms with E-state index in [1.807, 2.05) is 30.3 Å². The molecule has 1 heterocycles. The predicted octanol–water partition coefficient (Wildman–Crippen LogP) is -1.67. The third kappa shape index (κ3) is 3.64. The summed E-state index contributed by atoms with van der Waals surface area (Å²) in [5.74, 6) is -0.662. The Kier molecular flexibility index (Phi) is 5.60. The van der Waals surface area contributed by atoms with Gasteiger partial charge in [0, 0.05) is 0 Å². The van der Waals surface area contributed by atoms with Crippen LogP contribution in [0.15, 0.2) is 70.3 Å². The van der Waals surface area contributed by atoms with Crippen molar-refractivity contribution in [3.63, 3.8) is 0 Å². The number of aromatic amines is 1. The maximum Gasteiger partial charge on any atom is 1.00 e. The second-order valence-electron chi connectivity index (χ2n) is 4.88. The maximum atomic E-state index is 12.6. The van der Waals surface area contributed by atoms with Crippen molar-refractivity contribution in [1.82, 2.24) is 9.55 Å². The zero-order valence-corrected chi connectivity index (χ0v) is 14.7. The van der Waals surface area contributed by atoms with Crippen LogP contribution in [0.1, 0.15) is 5.56 Å². The molecule has 5 nitrogen and oxygen atoms in total. The molecule has 0 saturated heterocycles. The Morgan fingerprint density at radius 2 is 1.48 bits per heavy atom. The van der Waals surface area contributed by atoms with E-state index < -0.39 is 17.1 Å². The molecule has 3 rings (SSSR count). The number of hydrogen-bond acceptors (Lipinski definition) is 3. The topological polar surface area (TPSA) is 77.9 Å². The fourth-order valence-electron chi connectivity index (χ4n) is 2.32. The molecule has 6 heteroatoms. The molecule has 1 aromatic heterocycles. The van der Waals surface area contributed by atoms with Gasteiger partial charge in [0.15, 0.2) is 0 Å². The van der Waals surface area contributed by atoms with Crippen LogP contribution in [0, 0.1) is 0 Å². The van der Waals surface area contributed by atoms with Crippen molar-refractivity contribution >= 4 is 0 Å². The van der Waals surface area contributed by atoms with Crippen LogP contribution in [-0.4, -0.2) is 9.55 Å². The number of aromatic nitrogens is 2. The summed E-state index contributed by atoms with van der Waals surface area (Å²) in [7, 11) is 0. The van der Waals surface area contributed by atoms with Crippen LogP contribution >= 0.6 is 0 Å². The van der Waals surface area contributed by atoms with Gasteiger partial charge in [-0.15, -0.1) is 0 Å². The summed E-state index contributed by atoms with van der Waals surface area (Å²) in [5, 5.41) is 12.0. The minimum Gasteiger partial charge on any atom is -0.860 e. The van der Waals surface area contributed by atoms with E-state index in [2.05, 4.69) is 4.98 Å². The third-order valence-electron chi connectivity index (χ3n) is 3.40. The summed E-state index contributed by atoms with van der Waals surface area (Å²) in [4.78, 5) is 26.7. The van der Waals surface area contributed by atoms with Crippen molar-refractivity contribution < 1.29 is 34.7 Å². The first-order valence-corrected chi connectivity index (χ1v) is 6.80. The van der Waals surface area contributed by atoms with E-state index in [1.165, 1.54) is 0 Å². The van der Waals surface area contributed by atoms with Gasteiger partial charge in [-0.25, -0.2) is 4.79 Å². The van der Waals surface area contributed by atoms with Crippen LogP contribution in [0.2, 0.25) is 0 Å².